The second kappa shape index (κ2) is 6.37. The topological polar surface area (TPSA) is 38.1 Å². The maximum Gasteiger partial charge on any atom is 0.256 e. The van der Waals surface area contributed by atoms with Crippen LogP contribution in [-0.4, -0.2) is 36.8 Å². The molecular weight excluding hydrogens is 290 g/mol. The van der Waals surface area contributed by atoms with Crippen molar-refractivity contribution in [2.75, 3.05) is 18.1 Å². The van der Waals surface area contributed by atoms with Gasteiger partial charge in [-0.15, -0.1) is 5.54 Å². The van der Waals surface area contributed by atoms with Gasteiger partial charge in [0.1, 0.15) is 13.8 Å². The summed E-state index contributed by atoms with van der Waals surface area (Å²) in [6, 6.07) is 7.73. The van der Waals surface area contributed by atoms with Crippen molar-refractivity contribution >= 4 is 24.8 Å². The van der Waals surface area contributed by atoms with Crippen molar-refractivity contribution in [3.63, 3.8) is 0 Å². The highest BCUT2D eigenvalue weighted by Crippen LogP contribution is 2.19. The van der Waals surface area contributed by atoms with Crippen LogP contribution in [0.5, 0.6) is 0 Å². The number of benzene rings is 1. The number of carbonyl (C=O) groups is 1. The second-order valence-electron chi connectivity index (χ2n) is 6.22. The average molecular weight is 313 g/mol. The fourth-order valence-corrected chi connectivity index (χ4v) is 2.72. The minimum Gasteiger partial charge on any atom is -0.297 e. The summed E-state index contributed by atoms with van der Waals surface area (Å²) in [5.41, 5.74) is 4.56. The normalized spacial score (nSPS) is 11.1. The van der Waals surface area contributed by atoms with Gasteiger partial charge in [-0.25, -0.2) is 0 Å². The highest BCUT2D eigenvalue weighted by Gasteiger charge is 2.20. The molecule has 2 aromatic rings. The van der Waals surface area contributed by atoms with E-state index < -0.39 is 8.07 Å². The summed E-state index contributed by atoms with van der Waals surface area (Å²) in [5.74, 6) is 2.70. The summed E-state index contributed by atoms with van der Waals surface area (Å²) in [5, 5.41) is 7.48. The standard InChI is InChI=1S/C17H23N3OSi/c1-6-19(7-2)20-17(16(21)12-13-22(3,4)5)14-10-8-9-11-15(14)18-20/h8-11H,6-7H2,1-5H3. The van der Waals surface area contributed by atoms with E-state index in [0.717, 1.165) is 24.0 Å². The zero-order valence-corrected chi connectivity index (χ0v) is 15.0. The van der Waals surface area contributed by atoms with Gasteiger partial charge in [-0.05, 0) is 25.8 Å². The van der Waals surface area contributed by atoms with E-state index in [1.54, 1.807) is 4.79 Å². The van der Waals surface area contributed by atoms with Crippen molar-refractivity contribution in [3.8, 4) is 11.5 Å². The van der Waals surface area contributed by atoms with E-state index in [0.29, 0.717) is 5.69 Å². The maximum absolute atomic E-state index is 12.7. The molecule has 0 amide bonds. The predicted molar refractivity (Wildman–Crippen MR) is 94.5 cm³/mol. The fourth-order valence-electron chi connectivity index (χ4n) is 2.23. The minimum absolute atomic E-state index is 0.150. The molecule has 4 nitrogen and oxygen atoms in total. The molecule has 0 aliphatic rings. The Morgan fingerprint density at radius 1 is 1.23 bits per heavy atom. The Hall–Kier alpha value is -2.06. The molecule has 1 aromatic carbocycles. The Labute approximate surface area is 133 Å². The first-order chi connectivity index (χ1) is 10.4. The molecule has 0 fully saturated rings. The summed E-state index contributed by atoms with van der Waals surface area (Å²) in [7, 11) is -1.59. The largest absolute Gasteiger partial charge is 0.297 e. The summed E-state index contributed by atoms with van der Waals surface area (Å²) < 4.78 is 0. The summed E-state index contributed by atoms with van der Waals surface area (Å²) >= 11 is 0. The van der Waals surface area contributed by atoms with Crippen molar-refractivity contribution in [1.29, 1.82) is 0 Å². The van der Waals surface area contributed by atoms with Crippen LogP contribution in [0.15, 0.2) is 24.3 Å². The molecular formula is C17H23N3OSi. The van der Waals surface area contributed by atoms with E-state index in [4.69, 9.17) is 0 Å². The summed E-state index contributed by atoms with van der Waals surface area (Å²) in [6.45, 7) is 12.1. The number of nitrogens with zero attached hydrogens (tertiary/aromatic N) is 3. The molecule has 2 rings (SSSR count). The number of rotatable bonds is 4. The number of fused-ring (bicyclic) bond motifs is 1. The zero-order chi connectivity index (χ0) is 16.3. The second-order valence-corrected chi connectivity index (χ2v) is 11.0. The smallest absolute Gasteiger partial charge is 0.256 e. The molecule has 0 N–H and O–H groups in total. The molecule has 0 radical (unpaired) electrons. The molecule has 22 heavy (non-hydrogen) atoms. The van der Waals surface area contributed by atoms with Gasteiger partial charge < -0.3 is 0 Å². The SMILES string of the molecule is CCN(CC)n1nc2ccccc2c1C(=O)C#C[Si](C)(C)C. The Morgan fingerprint density at radius 2 is 1.86 bits per heavy atom. The summed E-state index contributed by atoms with van der Waals surface area (Å²) in [4.78, 5) is 14.4. The van der Waals surface area contributed by atoms with Gasteiger partial charge in [-0.1, -0.05) is 37.8 Å². The van der Waals surface area contributed by atoms with Crippen molar-refractivity contribution in [2.45, 2.75) is 33.5 Å². The lowest BCUT2D eigenvalue weighted by Crippen LogP contribution is -2.37. The zero-order valence-electron chi connectivity index (χ0n) is 14.0. The van der Waals surface area contributed by atoms with E-state index >= 15 is 0 Å². The lowest BCUT2D eigenvalue weighted by Gasteiger charge is -2.22. The van der Waals surface area contributed by atoms with E-state index in [1.165, 1.54) is 0 Å². The van der Waals surface area contributed by atoms with Gasteiger partial charge in [0.25, 0.3) is 5.78 Å². The van der Waals surface area contributed by atoms with Crippen LogP contribution in [0.1, 0.15) is 24.3 Å². The van der Waals surface area contributed by atoms with Crippen LogP contribution in [0.3, 0.4) is 0 Å². The van der Waals surface area contributed by atoms with Crippen LogP contribution < -0.4 is 5.01 Å². The van der Waals surface area contributed by atoms with E-state index in [9.17, 15) is 4.79 Å². The van der Waals surface area contributed by atoms with Gasteiger partial charge in [0, 0.05) is 18.5 Å². The quantitative estimate of drug-likeness (QED) is 0.494. The van der Waals surface area contributed by atoms with Gasteiger partial charge in [0.15, 0.2) is 0 Å². The van der Waals surface area contributed by atoms with Crippen LogP contribution >= 0.6 is 0 Å². The van der Waals surface area contributed by atoms with Crippen molar-refractivity contribution in [3.05, 3.63) is 30.0 Å². The molecule has 1 heterocycles. The first kappa shape index (κ1) is 16.3. The van der Waals surface area contributed by atoms with Crippen LogP contribution in [0.4, 0.5) is 0 Å². The van der Waals surface area contributed by atoms with Gasteiger partial charge in [0.05, 0.1) is 5.52 Å². The number of ketones is 1. The Kier molecular flexibility index (Phi) is 4.72. The third-order valence-corrected chi connectivity index (χ3v) is 4.20. The van der Waals surface area contributed by atoms with Crippen LogP contribution in [0.25, 0.3) is 10.9 Å². The number of hydrogen-bond donors (Lipinski definition) is 0. The molecule has 0 spiro atoms. The van der Waals surface area contributed by atoms with Crippen LogP contribution in [0, 0.1) is 11.5 Å². The Morgan fingerprint density at radius 3 is 2.45 bits per heavy atom. The van der Waals surface area contributed by atoms with E-state index in [-0.39, 0.29) is 5.78 Å². The van der Waals surface area contributed by atoms with Gasteiger partial charge in [-0.3, -0.25) is 9.80 Å². The molecule has 0 aliphatic heterocycles. The van der Waals surface area contributed by atoms with Gasteiger partial charge in [-0.2, -0.15) is 9.89 Å². The molecule has 0 saturated carbocycles. The minimum atomic E-state index is -1.59. The molecule has 5 heteroatoms. The molecule has 0 saturated heterocycles. The third-order valence-electron chi connectivity index (χ3n) is 3.33. The highest BCUT2D eigenvalue weighted by atomic mass is 28.3. The predicted octanol–water partition coefficient (Wildman–Crippen LogP) is 3.08. The van der Waals surface area contributed by atoms with Gasteiger partial charge in [0.2, 0.25) is 0 Å². The highest BCUT2D eigenvalue weighted by molar-refractivity contribution is 6.84. The number of hydrogen-bond acceptors (Lipinski definition) is 3. The first-order valence-electron chi connectivity index (χ1n) is 7.68. The van der Waals surface area contributed by atoms with Crippen molar-refractivity contribution in [2.24, 2.45) is 0 Å². The Balaban J connectivity index is 2.61. The number of Topliss-reactive ketones (excluding diaryl/α,β-unsaturated/α-hetero) is 1. The lowest BCUT2D eigenvalue weighted by molar-refractivity contribution is 0.104. The molecule has 1 aromatic heterocycles. The summed E-state index contributed by atoms with van der Waals surface area (Å²) in [6.07, 6.45) is 0. The third kappa shape index (κ3) is 3.39. The average Bonchev–Trinajstić information content (AvgIpc) is 2.84. The first-order valence-corrected chi connectivity index (χ1v) is 11.2. The monoisotopic (exact) mass is 313 g/mol. The molecule has 0 bridgehead atoms. The van der Waals surface area contributed by atoms with Gasteiger partial charge >= 0.3 is 0 Å². The fraction of sp³-hybridized carbons (Fsp3) is 0.412. The number of carbonyl (C=O) groups excluding carboxylic acids is 1. The molecule has 0 unspecified atom stereocenters. The van der Waals surface area contributed by atoms with E-state index in [2.05, 4.69) is 50.1 Å². The molecule has 0 aliphatic carbocycles. The molecule has 116 valence electrons. The number of aromatic nitrogens is 2. The lowest BCUT2D eigenvalue weighted by atomic mass is 10.1. The maximum atomic E-state index is 12.7. The Bertz CT molecular complexity index is 743. The van der Waals surface area contributed by atoms with Crippen molar-refractivity contribution in [1.82, 2.24) is 9.89 Å². The van der Waals surface area contributed by atoms with E-state index in [1.807, 2.05) is 29.3 Å². The van der Waals surface area contributed by atoms with Crippen LogP contribution in [0.2, 0.25) is 19.6 Å². The van der Waals surface area contributed by atoms with Crippen LogP contribution in [-0.2, 0) is 0 Å². The van der Waals surface area contributed by atoms with Crippen molar-refractivity contribution < 1.29 is 4.79 Å². The molecule has 0 atom stereocenters.